The van der Waals surface area contributed by atoms with E-state index in [1.54, 1.807) is 12.1 Å². The van der Waals surface area contributed by atoms with Crippen molar-refractivity contribution in [1.29, 1.82) is 0 Å². The van der Waals surface area contributed by atoms with Gasteiger partial charge in [0.1, 0.15) is 11.6 Å². The van der Waals surface area contributed by atoms with Gasteiger partial charge in [-0.3, -0.25) is 9.48 Å². The summed E-state index contributed by atoms with van der Waals surface area (Å²) in [6, 6.07) is 11.9. The van der Waals surface area contributed by atoms with E-state index >= 15 is 0 Å². The molecule has 150 valence electrons. The largest absolute Gasteiger partial charge is 0.482 e. The Morgan fingerprint density at radius 1 is 1.24 bits per heavy atom. The molecule has 2 aromatic carbocycles. The number of aromatic nitrogens is 2. The molecular weight excluding hydrogens is 373 g/mol. The van der Waals surface area contributed by atoms with E-state index in [1.165, 1.54) is 12.1 Å². The van der Waals surface area contributed by atoms with Crippen molar-refractivity contribution in [3.8, 4) is 28.1 Å². The van der Waals surface area contributed by atoms with Crippen molar-refractivity contribution in [2.45, 2.75) is 20.4 Å². The SMILES string of the molecule is Cc1nn(CC(C)CO)c(-c2ccc(F)cc2)c1-c1ccc2c(c1)NC(=O)CO2. The maximum absolute atomic E-state index is 13.5. The number of hydrogen-bond donors (Lipinski definition) is 2. The molecule has 1 aliphatic heterocycles. The number of carbonyl (C=O) groups is 1. The second-order valence-corrected chi connectivity index (χ2v) is 7.33. The van der Waals surface area contributed by atoms with Crippen LogP contribution in [0, 0.1) is 18.7 Å². The normalized spacial score (nSPS) is 14.1. The summed E-state index contributed by atoms with van der Waals surface area (Å²) >= 11 is 0. The molecule has 0 saturated heterocycles. The fraction of sp³-hybridized carbons (Fsp3) is 0.273. The van der Waals surface area contributed by atoms with Gasteiger partial charge in [0.15, 0.2) is 6.61 Å². The highest BCUT2D eigenvalue weighted by Gasteiger charge is 2.22. The summed E-state index contributed by atoms with van der Waals surface area (Å²) in [5.74, 6) is 0.126. The van der Waals surface area contributed by atoms with Crippen LogP contribution in [-0.2, 0) is 11.3 Å². The van der Waals surface area contributed by atoms with Crippen LogP contribution in [0.15, 0.2) is 42.5 Å². The topological polar surface area (TPSA) is 76.4 Å². The second kappa shape index (κ2) is 7.67. The molecule has 7 heteroatoms. The van der Waals surface area contributed by atoms with Crippen LogP contribution in [0.2, 0.25) is 0 Å². The Balaban J connectivity index is 1.87. The summed E-state index contributed by atoms with van der Waals surface area (Å²) < 4.78 is 20.8. The van der Waals surface area contributed by atoms with Crippen molar-refractivity contribution in [2.24, 2.45) is 5.92 Å². The van der Waals surface area contributed by atoms with Crippen LogP contribution in [0.25, 0.3) is 22.4 Å². The molecule has 0 spiro atoms. The highest BCUT2D eigenvalue weighted by molar-refractivity contribution is 5.97. The summed E-state index contributed by atoms with van der Waals surface area (Å²) in [5, 5.41) is 17.0. The van der Waals surface area contributed by atoms with Crippen molar-refractivity contribution in [1.82, 2.24) is 9.78 Å². The molecule has 1 aromatic heterocycles. The van der Waals surface area contributed by atoms with Gasteiger partial charge in [-0.15, -0.1) is 0 Å². The zero-order valence-corrected chi connectivity index (χ0v) is 16.3. The molecule has 6 nitrogen and oxygen atoms in total. The van der Waals surface area contributed by atoms with Crippen LogP contribution >= 0.6 is 0 Å². The van der Waals surface area contributed by atoms with E-state index in [9.17, 15) is 14.3 Å². The molecule has 0 fully saturated rings. The van der Waals surface area contributed by atoms with Gasteiger partial charge in [-0.25, -0.2) is 4.39 Å². The van der Waals surface area contributed by atoms with E-state index in [0.29, 0.717) is 18.0 Å². The molecule has 3 aromatic rings. The maximum atomic E-state index is 13.5. The molecule has 1 amide bonds. The monoisotopic (exact) mass is 395 g/mol. The molecule has 1 atom stereocenters. The maximum Gasteiger partial charge on any atom is 0.262 e. The third-order valence-corrected chi connectivity index (χ3v) is 4.94. The van der Waals surface area contributed by atoms with Crippen LogP contribution < -0.4 is 10.1 Å². The molecule has 4 rings (SSSR count). The highest BCUT2D eigenvalue weighted by Crippen LogP contribution is 2.39. The van der Waals surface area contributed by atoms with Crippen molar-refractivity contribution in [3.63, 3.8) is 0 Å². The lowest BCUT2D eigenvalue weighted by Crippen LogP contribution is -2.25. The lowest BCUT2D eigenvalue weighted by atomic mass is 9.98. The number of nitrogens with one attached hydrogen (secondary N) is 1. The first kappa shape index (κ1) is 19.1. The number of ether oxygens (including phenoxy) is 1. The number of nitrogens with zero attached hydrogens (tertiary/aromatic N) is 2. The molecule has 1 aliphatic rings. The van der Waals surface area contributed by atoms with E-state index in [0.717, 1.165) is 28.1 Å². The molecule has 29 heavy (non-hydrogen) atoms. The number of benzene rings is 2. The minimum atomic E-state index is -0.310. The number of rotatable bonds is 5. The predicted molar refractivity (Wildman–Crippen MR) is 108 cm³/mol. The van der Waals surface area contributed by atoms with E-state index < -0.39 is 0 Å². The molecule has 0 bridgehead atoms. The standard InChI is InChI=1S/C22H22FN3O3/c1-13(11-27)10-26-22(15-3-6-17(23)7-4-15)21(14(2)25-26)16-5-8-19-18(9-16)24-20(28)12-29-19/h3-9,13,27H,10-12H2,1-2H3,(H,24,28). The van der Waals surface area contributed by atoms with Crippen molar-refractivity contribution >= 4 is 11.6 Å². The first-order valence-electron chi connectivity index (χ1n) is 9.47. The summed E-state index contributed by atoms with van der Waals surface area (Å²) in [6.45, 7) is 4.42. The van der Waals surface area contributed by atoms with Gasteiger partial charge < -0.3 is 15.2 Å². The fourth-order valence-electron chi connectivity index (χ4n) is 3.55. The van der Waals surface area contributed by atoms with Crippen molar-refractivity contribution in [3.05, 3.63) is 54.0 Å². The average Bonchev–Trinajstić information content (AvgIpc) is 3.03. The zero-order chi connectivity index (χ0) is 20.5. The number of fused-ring (bicyclic) bond motifs is 1. The highest BCUT2D eigenvalue weighted by atomic mass is 19.1. The Labute approximate surface area is 167 Å². The Bertz CT molecular complexity index is 1060. The lowest BCUT2D eigenvalue weighted by molar-refractivity contribution is -0.118. The minimum absolute atomic E-state index is 0.00316. The van der Waals surface area contributed by atoms with Gasteiger partial charge in [0.05, 0.1) is 17.1 Å². The first-order chi connectivity index (χ1) is 14.0. The number of halogens is 1. The number of anilines is 1. The number of carbonyl (C=O) groups excluding carboxylic acids is 1. The zero-order valence-electron chi connectivity index (χ0n) is 16.3. The number of aliphatic hydroxyl groups excluding tert-OH is 1. The predicted octanol–water partition coefficient (Wildman–Crippen LogP) is 3.62. The first-order valence-corrected chi connectivity index (χ1v) is 9.47. The van der Waals surface area contributed by atoms with Gasteiger partial charge in [0.2, 0.25) is 0 Å². The quantitative estimate of drug-likeness (QED) is 0.692. The summed E-state index contributed by atoms with van der Waals surface area (Å²) in [7, 11) is 0. The molecule has 1 unspecified atom stereocenters. The third-order valence-electron chi connectivity index (χ3n) is 4.94. The van der Waals surface area contributed by atoms with Gasteiger partial charge in [0, 0.05) is 24.3 Å². The van der Waals surface area contributed by atoms with E-state index in [-0.39, 0.29) is 30.9 Å². The van der Waals surface area contributed by atoms with Crippen LogP contribution in [-0.4, -0.2) is 34.0 Å². The number of amides is 1. The summed E-state index contributed by atoms with van der Waals surface area (Å²) in [4.78, 5) is 11.7. The van der Waals surface area contributed by atoms with Crippen LogP contribution in [0.5, 0.6) is 5.75 Å². The molecular formula is C22H22FN3O3. The number of hydrogen-bond acceptors (Lipinski definition) is 4. The lowest BCUT2D eigenvalue weighted by Gasteiger charge is -2.19. The Hall–Kier alpha value is -3.19. The van der Waals surface area contributed by atoms with Crippen LogP contribution in [0.4, 0.5) is 10.1 Å². The van der Waals surface area contributed by atoms with Crippen molar-refractivity contribution < 1.29 is 19.0 Å². The Morgan fingerprint density at radius 3 is 2.69 bits per heavy atom. The third kappa shape index (κ3) is 3.73. The van der Waals surface area contributed by atoms with E-state index in [2.05, 4.69) is 5.32 Å². The average molecular weight is 395 g/mol. The molecule has 2 heterocycles. The van der Waals surface area contributed by atoms with Crippen molar-refractivity contribution in [2.75, 3.05) is 18.5 Å². The Morgan fingerprint density at radius 2 is 1.97 bits per heavy atom. The van der Waals surface area contributed by atoms with Gasteiger partial charge in [-0.2, -0.15) is 5.10 Å². The smallest absolute Gasteiger partial charge is 0.262 e. The van der Waals surface area contributed by atoms with Crippen LogP contribution in [0.3, 0.4) is 0 Å². The number of aryl methyl sites for hydroxylation is 1. The van der Waals surface area contributed by atoms with Gasteiger partial charge in [0.25, 0.3) is 5.91 Å². The molecule has 0 radical (unpaired) electrons. The van der Waals surface area contributed by atoms with Crippen LogP contribution in [0.1, 0.15) is 12.6 Å². The molecule has 0 aliphatic carbocycles. The van der Waals surface area contributed by atoms with Gasteiger partial charge in [-0.05, 0) is 54.8 Å². The Kier molecular flexibility index (Phi) is 5.07. The van der Waals surface area contributed by atoms with Gasteiger partial charge >= 0.3 is 0 Å². The van der Waals surface area contributed by atoms with E-state index in [1.807, 2.05) is 36.7 Å². The summed E-state index contributed by atoms with van der Waals surface area (Å²) in [5.41, 5.74) is 4.84. The fourth-order valence-corrected chi connectivity index (χ4v) is 3.55. The summed E-state index contributed by atoms with van der Waals surface area (Å²) in [6.07, 6.45) is 0. The molecule has 0 saturated carbocycles. The minimum Gasteiger partial charge on any atom is -0.482 e. The second-order valence-electron chi connectivity index (χ2n) is 7.33. The number of aliphatic hydroxyl groups is 1. The van der Waals surface area contributed by atoms with Gasteiger partial charge in [-0.1, -0.05) is 13.0 Å². The van der Waals surface area contributed by atoms with E-state index in [4.69, 9.17) is 9.84 Å². The molecule has 2 N–H and O–H groups in total.